The Hall–Kier alpha value is -4.19. The van der Waals surface area contributed by atoms with Crippen molar-refractivity contribution in [1.82, 2.24) is 5.32 Å². The Balaban J connectivity index is 1.55. The normalized spacial score (nSPS) is 13.2. The third-order valence-corrected chi connectivity index (χ3v) is 4.44. The molecule has 1 heterocycles. The van der Waals surface area contributed by atoms with E-state index in [1.165, 1.54) is 0 Å². The van der Waals surface area contributed by atoms with Crippen LogP contribution in [0.4, 0.5) is 11.4 Å². The fourth-order valence-electron chi connectivity index (χ4n) is 3.03. The molecule has 3 amide bonds. The molecule has 0 atom stereocenters. The molecule has 4 rings (SSSR count). The second-order valence-corrected chi connectivity index (χ2v) is 6.42. The van der Waals surface area contributed by atoms with Crippen molar-refractivity contribution in [2.75, 3.05) is 10.6 Å². The number of rotatable bonds is 5. The molecule has 0 fully saturated rings. The second-order valence-electron chi connectivity index (χ2n) is 6.42. The minimum absolute atomic E-state index is 0.183. The van der Waals surface area contributed by atoms with Crippen LogP contribution >= 0.6 is 0 Å². The van der Waals surface area contributed by atoms with Gasteiger partial charge in [-0.05, 0) is 42.0 Å². The summed E-state index contributed by atoms with van der Waals surface area (Å²) in [6.45, 7) is 0. The summed E-state index contributed by atoms with van der Waals surface area (Å²) in [5.74, 6) is -1.16. The molecule has 142 valence electrons. The quantitative estimate of drug-likeness (QED) is 0.589. The molecule has 0 bridgehead atoms. The smallest absolute Gasteiger partial charge is 0.275 e. The second kappa shape index (κ2) is 7.82. The molecule has 0 saturated heterocycles. The van der Waals surface area contributed by atoms with Crippen molar-refractivity contribution in [2.45, 2.75) is 0 Å². The minimum atomic E-state index is -0.486. The Labute approximate surface area is 167 Å². The van der Waals surface area contributed by atoms with Crippen LogP contribution in [0.1, 0.15) is 15.9 Å². The fraction of sp³-hybridized carbons (Fsp3) is 0. The molecule has 1 aliphatic heterocycles. The number of carbonyl (C=O) groups is 3. The average molecular weight is 383 g/mol. The van der Waals surface area contributed by atoms with Crippen LogP contribution in [-0.4, -0.2) is 17.7 Å². The van der Waals surface area contributed by atoms with Gasteiger partial charge in [-0.3, -0.25) is 19.7 Å². The zero-order valence-electron chi connectivity index (χ0n) is 15.3. The number of benzene rings is 3. The van der Waals surface area contributed by atoms with Crippen LogP contribution in [-0.2, 0) is 9.59 Å². The Morgan fingerprint density at radius 2 is 1.31 bits per heavy atom. The first-order valence-electron chi connectivity index (χ1n) is 9.01. The van der Waals surface area contributed by atoms with Gasteiger partial charge in [-0.2, -0.15) is 0 Å². The topological polar surface area (TPSA) is 87.3 Å². The summed E-state index contributed by atoms with van der Waals surface area (Å²) in [6, 6.07) is 24.8. The number of para-hydroxylation sites is 1. The van der Waals surface area contributed by atoms with Crippen LogP contribution < -0.4 is 16.0 Å². The monoisotopic (exact) mass is 383 g/mol. The number of hydrogen-bond donors (Lipinski definition) is 3. The van der Waals surface area contributed by atoms with Gasteiger partial charge in [0.05, 0.1) is 5.57 Å². The summed E-state index contributed by atoms with van der Waals surface area (Å²) < 4.78 is 0. The lowest BCUT2D eigenvalue weighted by atomic mass is 10.0. The number of hydrogen-bond acceptors (Lipinski definition) is 4. The van der Waals surface area contributed by atoms with E-state index < -0.39 is 11.8 Å². The van der Waals surface area contributed by atoms with Crippen molar-refractivity contribution in [1.29, 1.82) is 0 Å². The highest BCUT2D eigenvalue weighted by atomic mass is 16.2. The maximum absolute atomic E-state index is 12.4. The third-order valence-electron chi connectivity index (χ3n) is 4.44. The molecule has 0 aliphatic carbocycles. The third kappa shape index (κ3) is 3.91. The predicted octanol–water partition coefficient (Wildman–Crippen LogP) is 3.42. The van der Waals surface area contributed by atoms with Gasteiger partial charge >= 0.3 is 0 Å². The highest BCUT2D eigenvalue weighted by Crippen LogP contribution is 2.25. The SMILES string of the molecule is O=C1NC(=O)C(c2ccccc2)=C1Nc1ccc(C(=O)Nc2ccccc2)cc1. The van der Waals surface area contributed by atoms with Crippen molar-refractivity contribution < 1.29 is 14.4 Å². The van der Waals surface area contributed by atoms with Gasteiger partial charge in [0.2, 0.25) is 0 Å². The molecule has 0 aromatic heterocycles. The molecule has 0 unspecified atom stereocenters. The molecule has 6 nitrogen and oxygen atoms in total. The molecule has 6 heteroatoms. The molecule has 0 saturated carbocycles. The number of nitrogens with one attached hydrogen (secondary N) is 3. The summed E-state index contributed by atoms with van der Waals surface area (Å²) >= 11 is 0. The molecule has 3 aromatic rings. The Morgan fingerprint density at radius 3 is 1.97 bits per heavy atom. The molecule has 1 aliphatic rings. The van der Waals surface area contributed by atoms with Gasteiger partial charge in [0.1, 0.15) is 5.70 Å². The van der Waals surface area contributed by atoms with Crippen LogP contribution in [0.2, 0.25) is 0 Å². The number of amides is 3. The Morgan fingerprint density at radius 1 is 0.690 bits per heavy atom. The van der Waals surface area contributed by atoms with E-state index in [9.17, 15) is 14.4 Å². The first-order chi connectivity index (χ1) is 14.1. The predicted molar refractivity (Wildman–Crippen MR) is 111 cm³/mol. The molecule has 3 N–H and O–H groups in total. The van der Waals surface area contributed by atoms with Crippen LogP contribution in [0.5, 0.6) is 0 Å². The largest absolute Gasteiger partial charge is 0.350 e. The van der Waals surface area contributed by atoms with Gasteiger partial charge in [0.15, 0.2) is 0 Å². The van der Waals surface area contributed by atoms with E-state index in [1.54, 1.807) is 60.7 Å². The number of anilines is 2. The Bertz CT molecular complexity index is 1110. The van der Waals surface area contributed by atoms with Gasteiger partial charge in [0.25, 0.3) is 17.7 Å². The maximum Gasteiger partial charge on any atom is 0.275 e. The van der Waals surface area contributed by atoms with E-state index in [1.807, 2.05) is 24.3 Å². The van der Waals surface area contributed by atoms with Crippen molar-refractivity contribution in [3.05, 3.63) is 102 Å². The van der Waals surface area contributed by atoms with Gasteiger partial charge in [0, 0.05) is 16.9 Å². The lowest BCUT2D eigenvalue weighted by Crippen LogP contribution is -2.24. The van der Waals surface area contributed by atoms with Crippen LogP contribution in [0.15, 0.2) is 90.6 Å². The van der Waals surface area contributed by atoms with E-state index in [0.717, 1.165) is 0 Å². The summed E-state index contributed by atoms with van der Waals surface area (Å²) in [5.41, 5.74) is 2.90. The zero-order chi connectivity index (χ0) is 20.2. The van der Waals surface area contributed by atoms with Gasteiger partial charge < -0.3 is 10.6 Å². The minimum Gasteiger partial charge on any atom is -0.350 e. The highest BCUT2D eigenvalue weighted by molar-refractivity contribution is 6.36. The van der Waals surface area contributed by atoms with Gasteiger partial charge in [-0.25, -0.2) is 0 Å². The molecule has 0 spiro atoms. The zero-order valence-corrected chi connectivity index (χ0v) is 15.3. The standard InChI is InChI=1S/C23H17N3O3/c27-21(25-17-9-5-2-6-10-17)16-11-13-18(14-12-16)24-20-19(22(28)26-23(20)29)15-7-3-1-4-8-15/h1-14H,(H,25,27)(H2,24,26,28,29). The Kier molecular flexibility index (Phi) is 4.90. The lowest BCUT2D eigenvalue weighted by molar-refractivity contribution is -0.123. The summed E-state index contributed by atoms with van der Waals surface area (Å²) in [5, 5.41) is 8.13. The van der Waals surface area contributed by atoms with Crippen LogP contribution in [0.3, 0.4) is 0 Å². The molecule has 0 radical (unpaired) electrons. The number of carbonyl (C=O) groups excluding carboxylic acids is 3. The summed E-state index contributed by atoms with van der Waals surface area (Å²) in [7, 11) is 0. The van der Waals surface area contributed by atoms with Crippen LogP contribution in [0.25, 0.3) is 5.57 Å². The van der Waals surface area contributed by atoms with Crippen molar-refractivity contribution in [3.8, 4) is 0 Å². The van der Waals surface area contributed by atoms with Gasteiger partial charge in [-0.15, -0.1) is 0 Å². The lowest BCUT2D eigenvalue weighted by Gasteiger charge is -2.09. The average Bonchev–Trinajstić information content (AvgIpc) is 3.02. The van der Waals surface area contributed by atoms with Crippen molar-refractivity contribution in [3.63, 3.8) is 0 Å². The molecular formula is C23H17N3O3. The van der Waals surface area contributed by atoms with E-state index >= 15 is 0 Å². The fourth-order valence-corrected chi connectivity index (χ4v) is 3.03. The van der Waals surface area contributed by atoms with Gasteiger partial charge in [-0.1, -0.05) is 48.5 Å². The highest BCUT2D eigenvalue weighted by Gasteiger charge is 2.31. The maximum atomic E-state index is 12.4. The molecule has 3 aromatic carbocycles. The first-order valence-corrected chi connectivity index (χ1v) is 9.01. The van der Waals surface area contributed by atoms with Crippen LogP contribution in [0, 0.1) is 0 Å². The van der Waals surface area contributed by atoms with E-state index in [-0.39, 0.29) is 11.6 Å². The van der Waals surface area contributed by atoms with Crippen molar-refractivity contribution in [2.24, 2.45) is 0 Å². The van der Waals surface area contributed by atoms with Crippen molar-refractivity contribution >= 4 is 34.7 Å². The molecule has 29 heavy (non-hydrogen) atoms. The van der Waals surface area contributed by atoms with E-state index in [4.69, 9.17) is 0 Å². The number of imide groups is 1. The summed E-state index contributed by atoms with van der Waals surface area (Å²) in [6.07, 6.45) is 0. The molecular weight excluding hydrogens is 366 g/mol. The van der Waals surface area contributed by atoms with E-state index in [2.05, 4.69) is 16.0 Å². The summed E-state index contributed by atoms with van der Waals surface area (Å²) in [4.78, 5) is 36.8. The van der Waals surface area contributed by atoms with E-state index in [0.29, 0.717) is 28.1 Å². The first kappa shape index (κ1) is 18.2.